The van der Waals surface area contributed by atoms with E-state index in [0.29, 0.717) is 26.0 Å². The number of hydrogen-bond donors (Lipinski definition) is 1. The maximum absolute atomic E-state index is 13.2. The van der Waals surface area contributed by atoms with Crippen molar-refractivity contribution in [3.05, 3.63) is 80.5 Å². The Kier molecular flexibility index (Phi) is 6.57. The molecule has 32 heavy (non-hydrogen) atoms. The van der Waals surface area contributed by atoms with Gasteiger partial charge < -0.3 is 4.42 Å². The first kappa shape index (κ1) is 22.8. The zero-order valence-electron chi connectivity index (χ0n) is 16.9. The zero-order valence-corrected chi connectivity index (χ0v) is 20.9. The van der Waals surface area contributed by atoms with Crippen LogP contribution in [0.1, 0.15) is 16.9 Å². The second kappa shape index (κ2) is 9.23. The number of anilines is 1. The predicted molar refractivity (Wildman–Crippen MR) is 134 cm³/mol. The lowest BCUT2D eigenvalue weighted by molar-refractivity contribution is -0.122. The Labute approximate surface area is 207 Å². The molecular weight excluding hydrogens is 532 g/mol. The highest BCUT2D eigenvalue weighted by molar-refractivity contribution is 9.10. The normalized spacial score (nSPS) is 15.4. The molecule has 3 aromatic rings. The van der Waals surface area contributed by atoms with Gasteiger partial charge in [-0.25, -0.2) is 0 Å². The topological polar surface area (TPSA) is 62.6 Å². The van der Waals surface area contributed by atoms with Crippen LogP contribution in [0.15, 0.2) is 73.0 Å². The molecular formula is C23H16BrClN2O3S2. The lowest BCUT2D eigenvalue weighted by Crippen LogP contribution is -2.54. The highest BCUT2D eigenvalue weighted by Gasteiger charge is 2.35. The predicted octanol–water partition coefficient (Wildman–Crippen LogP) is 6.29. The van der Waals surface area contributed by atoms with Crippen molar-refractivity contribution in [3.8, 4) is 0 Å². The monoisotopic (exact) mass is 546 g/mol. The fraction of sp³-hybridized carbons (Fsp3) is 0.0870. The van der Waals surface area contributed by atoms with Gasteiger partial charge in [-0.1, -0.05) is 41.1 Å². The third-order valence-electron chi connectivity index (χ3n) is 4.68. The number of benzene rings is 2. The summed E-state index contributed by atoms with van der Waals surface area (Å²) in [6.07, 6.45) is 1.42. The van der Waals surface area contributed by atoms with Gasteiger partial charge in [0, 0.05) is 9.92 Å². The summed E-state index contributed by atoms with van der Waals surface area (Å²) in [5.41, 5.74) is 2.49. The molecule has 0 unspecified atom stereocenters. The largest absolute Gasteiger partial charge is 0.449 e. The second-order valence-corrected chi connectivity index (χ2v) is 9.81. The molecule has 0 bridgehead atoms. The number of carbonyl (C=O) groups is 2. The molecule has 9 heteroatoms. The molecule has 2 amide bonds. The molecule has 0 spiro atoms. The summed E-state index contributed by atoms with van der Waals surface area (Å²) in [6, 6.07) is 14.7. The summed E-state index contributed by atoms with van der Waals surface area (Å²) in [5, 5.41) is 3.87. The van der Waals surface area contributed by atoms with Crippen LogP contribution in [0.5, 0.6) is 0 Å². The van der Waals surface area contributed by atoms with Crippen molar-refractivity contribution >= 4 is 80.2 Å². The Balaban J connectivity index is 1.65. The van der Waals surface area contributed by atoms with Gasteiger partial charge in [-0.05, 0) is 90.0 Å². The van der Waals surface area contributed by atoms with E-state index in [1.54, 1.807) is 18.2 Å². The fourth-order valence-electron chi connectivity index (χ4n) is 3.19. The van der Waals surface area contributed by atoms with Crippen LogP contribution in [0.4, 0.5) is 5.69 Å². The van der Waals surface area contributed by atoms with Crippen molar-refractivity contribution in [2.45, 2.75) is 23.8 Å². The zero-order chi connectivity index (χ0) is 23.0. The van der Waals surface area contributed by atoms with Crippen molar-refractivity contribution in [3.63, 3.8) is 0 Å². The minimum absolute atomic E-state index is 0.0451. The van der Waals surface area contributed by atoms with E-state index in [9.17, 15) is 9.59 Å². The average Bonchev–Trinajstić information content (AvgIpc) is 3.07. The van der Waals surface area contributed by atoms with E-state index in [0.717, 1.165) is 16.0 Å². The van der Waals surface area contributed by atoms with E-state index in [1.807, 2.05) is 44.2 Å². The number of carbonyl (C=O) groups excluding carboxylic acids is 2. The van der Waals surface area contributed by atoms with Crippen LogP contribution in [0.2, 0.25) is 5.02 Å². The van der Waals surface area contributed by atoms with Crippen molar-refractivity contribution in [2.75, 3.05) is 4.90 Å². The Morgan fingerprint density at radius 3 is 2.53 bits per heavy atom. The SMILES string of the molecule is Cc1ccc(N2C(=O)C(=Cc3cc(Br)c(Sc4ccc(Cl)cc4)o3)C(=O)NC2=S)c(C)c1. The molecule has 162 valence electrons. The first-order valence-corrected chi connectivity index (χ1v) is 11.8. The van der Waals surface area contributed by atoms with E-state index in [1.165, 1.54) is 22.7 Å². The van der Waals surface area contributed by atoms with E-state index < -0.39 is 11.8 Å². The fourth-order valence-corrected chi connectivity index (χ4v) is 4.92. The van der Waals surface area contributed by atoms with E-state index in [4.69, 9.17) is 28.2 Å². The molecule has 0 atom stereocenters. The lowest BCUT2D eigenvalue weighted by atomic mass is 10.1. The first-order valence-electron chi connectivity index (χ1n) is 9.44. The first-order chi connectivity index (χ1) is 15.2. The number of thiocarbonyl (C=S) groups is 1. The molecule has 1 aliphatic heterocycles. The summed E-state index contributed by atoms with van der Waals surface area (Å²) in [6.45, 7) is 3.86. The van der Waals surface area contributed by atoms with Crippen LogP contribution >= 0.6 is 51.5 Å². The molecule has 1 fully saturated rings. The highest BCUT2D eigenvalue weighted by Crippen LogP contribution is 2.37. The molecule has 1 aromatic heterocycles. The average molecular weight is 548 g/mol. The Morgan fingerprint density at radius 1 is 1.12 bits per heavy atom. The molecule has 5 nitrogen and oxygen atoms in total. The van der Waals surface area contributed by atoms with Crippen LogP contribution in [0.3, 0.4) is 0 Å². The smallest absolute Gasteiger partial charge is 0.270 e. The van der Waals surface area contributed by atoms with Crippen LogP contribution in [0, 0.1) is 13.8 Å². The molecule has 0 saturated carbocycles. The number of nitrogens with zero attached hydrogens (tertiary/aromatic N) is 1. The number of furan rings is 1. The van der Waals surface area contributed by atoms with Gasteiger partial charge in [0.2, 0.25) is 0 Å². The number of amides is 2. The number of hydrogen-bond acceptors (Lipinski definition) is 5. The Bertz CT molecular complexity index is 1280. The molecule has 0 aliphatic carbocycles. The van der Waals surface area contributed by atoms with Crippen molar-refractivity contribution in [2.24, 2.45) is 0 Å². The Hall–Kier alpha value is -2.39. The molecule has 1 aliphatic rings. The lowest BCUT2D eigenvalue weighted by Gasteiger charge is -2.30. The maximum Gasteiger partial charge on any atom is 0.270 e. The molecule has 4 rings (SSSR count). The highest BCUT2D eigenvalue weighted by atomic mass is 79.9. The summed E-state index contributed by atoms with van der Waals surface area (Å²) < 4.78 is 6.58. The summed E-state index contributed by atoms with van der Waals surface area (Å²) >= 11 is 16.1. The second-order valence-electron chi connectivity index (χ2n) is 7.09. The maximum atomic E-state index is 13.2. The third-order valence-corrected chi connectivity index (χ3v) is 7.06. The van der Waals surface area contributed by atoms with Gasteiger partial charge >= 0.3 is 0 Å². The number of nitrogens with one attached hydrogen (secondary N) is 1. The number of halogens is 2. The van der Waals surface area contributed by atoms with Gasteiger partial charge in [-0.2, -0.15) is 0 Å². The van der Waals surface area contributed by atoms with Gasteiger partial charge in [-0.15, -0.1) is 0 Å². The van der Waals surface area contributed by atoms with Gasteiger partial charge in [0.1, 0.15) is 11.3 Å². The van der Waals surface area contributed by atoms with Gasteiger partial charge in [0.15, 0.2) is 10.2 Å². The van der Waals surface area contributed by atoms with Crippen LogP contribution in [0.25, 0.3) is 6.08 Å². The van der Waals surface area contributed by atoms with Crippen LogP contribution in [-0.2, 0) is 9.59 Å². The minimum Gasteiger partial charge on any atom is -0.449 e. The minimum atomic E-state index is -0.569. The van der Waals surface area contributed by atoms with E-state index >= 15 is 0 Å². The van der Waals surface area contributed by atoms with Gasteiger partial charge in [0.05, 0.1) is 10.2 Å². The molecule has 2 heterocycles. The summed E-state index contributed by atoms with van der Waals surface area (Å²) in [5.74, 6) is -0.717. The Morgan fingerprint density at radius 2 is 1.84 bits per heavy atom. The summed E-state index contributed by atoms with van der Waals surface area (Å²) in [7, 11) is 0. The van der Waals surface area contributed by atoms with Crippen molar-refractivity contribution in [1.82, 2.24) is 5.32 Å². The van der Waals surface area contributed by atoms with Gasteiger partial charge in [-0.3, -0.25) is 19.8 Å². The number of rotatable bonds is 4. The molecule has 2 aromatic carbocycles. The van der Waals surface area contributed by atoms with Crippen molar-refractivity contribution < 1.29 is 14.0 Å². The molecule has 1 N–H and O–H groups in total. The van der Waals surface area contributed by atoms with E-state index in [-0.39, 0.29) is 10.7 Å². The third kappa shape index (κ3) is 4.68. The quantitative estimate of drug-likeness (QED) is 0.236. The van der Waals surface area contributed by atoms with E-state index in [2.05, 4.69) is 21.2 Å². The van der Waals surface area contributed by atoms with Crippen LogP contribution < -0.4 is 10.2 Å². The van der Waals surface area contributed by atoms with Gasteiger partial charge in [0.25, 0.3) is 11.8 Å². The van der Waals surface area contributed by atoms with Crippen LogP contribution in [-0.4, -0.2) is 16.9 Å². The summed E-state index contributed by atoms with van der Waals surface area (Å²) in [4.78, 5) is 28.1. The molecule has 1 saturated heterocycles. The van der Waals surface area contributed by atoms with Crippen molar-refractivity contribution in [1.29, 1.82) is 0 Å². The number of aryl methyl sites for hydroxylation is 2. The molecule has 0 radical (unpaired) electrons. The standard InChI is InChI=1S/C23H16BrClN2O3S2/c1-12-3-8-19(13(2)9-12)27-21(29)17(20(28)26-23(27)31)10-15-11-18(24)22(30-15)32-16-6-4-14(25)5-7-16/h3-11H,1-2H3,(H,26,28,31).